The zero-order valence-electron chi connectivity index (χ0n) is 10.8. The molecule has 0 bridgehead atoms. The molecule has 100 valence electrons. The number of nitrogens with two attached hydrogens (primary N) is 2. The zero-order valence-corrected chi connectivity index (χ0v) is 10.8. The number of ether oxygens (including phenoxy) is 1. The van der Waals surface area contributed by atoms with Crippen molar-refractivity contribution in [3.05, 3.63) is 12.0 Å². The number of hydrogen-bond acceptors (Lipinski definition) is 6. The standard InChI is InChI=1S/C11H20N6O/c1-17-7-14-10-8(17)9(12)15-11(13,16-10)5-3-4-6-18-2/h7,16H,3-6,13H2,1-2H3,(H2,12,15). The van der Waals surface area contributed by atoms with Crippen molar-refractivity contribution < 1.29 is 4.74 Å². The van der Waals surface area contributed by atoms with Gasteiger partial charge in [0.15, 0.2) is 11.6 Å². The van der Waals surface area contributed by atoms with Gasteiger partial charge in [0.05, 0.1) is 6.33 Å². The van der Waals surface area contributed by atoms with Gasteiger partial charge < -0.3 is 20.4 Å². The summed E-state index contributed by atoms with van der Waals surface area (Å²) in [5, 5.41) is 3.14. The maximum Gasteiger partial charge on any atom is 0.185 e. The topological polar surface area (TPSA) is 103 Å². The van der Waals surface area contributed by atoms with E-state index in [1.807, 2.05) is 11.6 Å². The minimum Gasteiger partial charge on any atom is -0.385 e. The number of fused-ring (bicyclic) bond motifs is 1. The van der Waals surface area contributed by atoms with Crippen LogP contribution in [0.25, 0.3) is 0 Å². The fourth-order valence-corrected chi connectivity index (χ4v) is 2.08. The first-order valence-corrected chi connectivity index (χ1v) is 5.99. The highest BCUT2D eigenvalue weighted by Crippen LogP contribution is 2.25. The molecule has 1 aromatic rings. The van der Waals surface area contributed by atoms with Gasteiger partial charge in [-0.15, -0.1) is 0 Å². The number of nitrogens with zero attached hydrogens (tertiary/aromatic N) is 3. The van der Waals surface area contributed by atoms with Crippen LogP contribution in [0.5, 0.6) is 0 Å². The molecule has 2 heterocycles. The summed E-state index contributed by atoms with van der Waals surface area (Å²) < 4.78 is 6.83. The minimum atomic E-state index is -0.862. The van der Waals surface area contributed by atoms with E-state index in [0.29, 0.717) is 18.1 Å². The molecule has 0 spiro atoms. The van der Waals surface area contributed by atoms with Crippen LogP contribution in [-0.4, -0.2) is 34.9 Å². The van der Waals surface area contributed by atoms with Gasteiger partial charge in [0.2, 0.25) is 0 Å². The molecule has 0 saturated carbocycles. The van der Waals surface area contributed by atoms with Gasteiger partial charge in [0, 0.05) is 27.2 Å². The van der Waals surface area contributed by atoms with E-state index in [2.05, 4.69) is 15.3 Å². The third kappa shape index (κ3) is 2.46. The lowest BCUT2D eigenvalue weighted by molar-refractivity contribution is 0.190. The van der Waals surface area contributed by atoms with Gasteiger partial charge in [0.25, 0.3) is 0 Å². The number of hydrogen-bond donors (Lipinski definition) is 3. The van der Waals surface area contributed by atoms with E-state index in [0.717, 1.165) is 25.1 Å². The van der Waals surface area contributed by atoms with Crippen LogP contribution in [0.4, 0.5) is 5.82 Å². The Morgan fingerprint density at radius 1 is 1.50 bits per heavy atom. The van der Waals surface area contributed by atoms with E-state index in [1.165, 1.54) is 0 Å². The van der Waals surface area contributed by atoms with Crippen molar-refractivity contribution in [2.75, 3.05) is 19.0 Å². The number of anilines is 1. The van der Waals surface area contributed by atoms with Crippen LogP contribution in [0.3, 0.4) is 0 Å². The number of unbranched alkanes of at least 4 members (excludes halogenated alkanes) is 1. The van der Waals surface area contributed by atoms with E-state index < -0.39 is 5.79 Å². The lowest BCUT2D eigenvalue weighted by Gasteiger charge is -2.31. The van der Waals surface area contributed by atoms with Gasteiger partial charge in [0.1, 0.15) is 11.5 Å². The molecule has 1 aliphatic heterocycles. The molecular formula is C11H20N6O. The molecule has 18 heavy (non-hydrogen) atoms. The molecule has 0 fully saturated rings. The third-order valence-corrected chi connectivity index (χ3v) is 2.99. The number of aromatic nitrogens is 2. The van der Waals surface area contributed by atoms with Crippen molar-refractivity contribution >= 4 is 11.7 Å². The van der Waals surface area contributed by atoms with Gasteiger partial charge >= 0.3 is 0 Å². The molecular weight excluding hydrogens is 232 g/mol. The lowest BCUT2D eigenvalue weighted by Crippen LogP contribution is -2.50. The minimum absolute atomic E-state index is 0.429. The Balaban J connectivity index is 2.07. The maximum absolute atomic E-state index is 6.19. The summed E-state index contributed by atoms with van der Waals surface area (Å²) in [5.41, 5.74) is 12.9. The summed E-state index contributed by atoms with van der Waals surface area (Å²) in [5.74, 6) is 0.261. The van der Waals surface area contributed by atoms with E-state index >= 15 is 0 Å². The number of imidazole rings is 1. The van der Waals surface area contributed by atoms with Crippen molar-refractivity contribution in [1.29, 1.82) is 0 Å². The second-order valence-electron chi connectivity index (χ2n) is 4.55. The second-order valence-corrected chi connectivity index (χ2v) is 4.55. The molecule has 1 aliphatic rings. The molecule has 0 amide bonds. The summed E-state index contributed by atoms with van der Waals surface area (Å²) in [6.07, 6.45) is 4.24. The molecule has 1 unspecified atom stereocenters. The number of amidine groups is 1. The van der Waals surface area contributed by atoms with Gasteiger partial charge in [-0.1, -0.05) is 0 Å². The normalized spacial score (nSPS) is 22.3. The van der Waals surface area contributed by atoms with Crippen LogP contribution in [0, 0.1) is 0 Å². The van der Waals surface area contributed by atoms with Crippen molar-refractivity contribution in [3.8, 4) is 0 Å². The van der Waals surface area contributed by atoms with Gasteiger partial charge in [-0.2, -0.15) is 0 Å². The number of aliphatic imine (C=N–C) groups is 1. The Morgan fingerprint density at radius 2 is 2.28 bits per heavy atom. The van der Waals surface area contributed by atoms with Crippen LogP contribution in [-0.2, 0) is 11.8 Å². The summed E-state index contributed by atoms with van der Waals surface area (Å²) >= 11 is 0. The highest BCUT2D eigenvalue weighted by molar-refractivity contribution is 6.01. The predicted octanol–water partition coefficient (Wildman–Crippen LogP) is -0.0199. The number of nitrogens with one attached hydrogen (secondary N) is 1. The van der Waals surface area contributed by atoms with Crippen molar-refractivity contribution in [2.24, 2.45) is 23.5 Å². The Hall–Kier alpha value is -1.60. The molecule has 0 saturated heterocycles. The molecule has 1 aromatic heterocycles. The number of rotatable bonds is 5. The van der Waals surface area contributed by atoms with Crippen LogP contribution < -0.4 is 16.8 Å². The summed E-state index contributed by atoms with van der Waals surface area (Å²) in [4.78, 5) is 8.58. The summed E-state index contributed by atoms with van der Waals surface area (Å²) in [7, 11) is 3.56. The lowest BCUT2D eigenvalue weighted by atomic mass is 10.1. The van der Waals surface area contributed by atoms with Gasteiger partial charge in [-0.05, 0) is 12.8 Å². The predicted molar refractivity (Wildman–Crippen MR) is 70.2 cm³/mol. The van der Waals surface area contributed by atoms with Crippen LogP contribution in [0.1, 0.15) is 25.0 Å². The van der Waals surface area contributed by atoms with Crippen LogP contribution >= 0.6 is 0 Å². The molecule has 7 heteroatoms. The molecule has 0 radical (unpaired) electrons. The molecule has 0 aliphatic carbocycles. The van der Waals surface area contributed by atoms with E-state index in [-0.39, 0.29) is 0 Å². The Bertz CT molecular complexity index is 454. The van der Waals surface area contributed by atoms with Crippen molar-refractivity contribution in [3.63, 3.8) is 0 Å². The Kier molecular flexibility index (Phi) is 3.53. The second kappa shape index (κ2) is 4.95. The SMILES string of the molecule is COCCCCC1(N)N=C(N)c2c(ncn2C)N1. The van der Waals surface area contributed by atoms with Crippen molar-refractivity contribution in [2.45, 2.75) is 25.0 Å². The fraction of sp³-hybridized carbons (Fsp3) is 0.636. The largest absolute Gasteiger partial charge is 0.385 e. The maximum atomic E-state index is 6.19. The smallest absolute Gasteiger partial charge is 0.185 e. The molecule has 5 N–H and O–H groups in total. The molecule has 7 nitrogen and oxygen atoms in total. The number of methoxy groups -OCH3 is 1. The zero-order chi connectivity index (χ0) is 13.2. The van der Waals surface area contributed by atoms with Gasteiger partial charge in [-0.3, -0.25) is 5.73 Å². The third-order valence-electron chi connectivity index (χ3n) is 2.99. The highest BCUT2D eigenvalue weighted by Gasteiger charge is 2.31. The van der Waals surface area contributed by atoms with E-state index in [1.54, 1.807) is 13.4 Å². The Morgan fingerprint density at radius 3 is 3.00 bits per heavy atom. The quantitative estimate of drug-likeness (QED) is 0.639. The van der Waals surface area contributed by atoms with Gasteiger partial charge in [-0.25, -0.2) is 9.98 Å². The first-order valence-electron chi connectivity index (χ1n) is 5.99. The highest BCUT2D eigenvalue weighted by atomic mass is 16.5. The van der Waals surface area contributed by atoms with E-state index in [4.69, 9.17) is 16.2 Å². The Labute approximate surface area is 106 Å². The average molecular weight is 252 g/mol. The van der Waals surface area contributed by atoms with Crippen LogP contribution in [0.15, 0.2) is 11.3 Å². The molecule has 2 rings (SSSR count). The number of aryl methyl sites for hydroxylation is 1. The van der Waals surface area contributed by atoms with Crippen LogP contribution in [0.2, 0.25) is 0 Å². The summed E-state index contributed by atoms with van der Waals surface area (Å²) in [6, 6.07) is 0. The summed E-state index contributed by atoms with van der Waals surface area (Å²) in [6.45, 7) is 0.726. The monoisotopic (exact) mass is 252 g/mol. The van der Waals surface area contributed by atoms with E-state index in [9.17, 15) is 0 Å². The first-order chi connectivity index (χ1) is 8.56. The molecule has 0 aromatic carbocycles. The average Bonchev–Trinajstić information content (AvgIpc) is 2.66. The fourth-order valence-electron chi connectivity index (χ4n) is 2.08. The molecule has 1 atom stereocenters. The first kappa shape index (κ1) is 12.8. The van der Waals surface area contributed by atoms with Crippen molar-refractivity contribution in [1.82, 2.24) is 9.55 Å².